The van der Waals surface area contributed by atoms with Crippen molar-refractivity contribution in [3.8, 4) is 0 Å². The predicted molar refractivity (Wildman–Crippen MR) is 59.6 cm³/mol. The Morgan fingerprint density at radius 2 is 1.87 bits per heavy atom. The molecule has 0 saturated carbocycles. The number of rotatable bonds is 2. The molecule has 3 N–H and O–H groups in total. The van der Waals surface area contributed by atoms with Gasteiger partial charge in [0, 0.05) is 25.7 Å². The van der Waals surface area contributed by atoms with Gasteiger partial charge in [0.15, 0.2) is 0 Å². The molecule has 2 heterocycles. The summed E-state index contributed by atoms with van der Waals surface area (Å²) in [5.74, 6) is 0. The molecule has 0 radical (unpaired) electrons. The van der Waals surface area contributed by atoms with E-state index in [1.165, 1.54) is 12.8 Å². The van der Waals surface area contributed by atoms with Crippen LogP contribution in [0.2, 0.25) is 0 Å². The smallest absolute Gasteiger partial charge is 0.125 e. The number of nitrogens with zero attached hydrogens (tertiary/aromatic N) is 1. The van der Waals surface area contributed by atoms with Crippen LogP contribution in [0.15, 0.2) is 0 Å². The molecule has 2 aliphatic rings. The Balaban J connectivity index is 1.82. The maximum absolute atomic E-state index is 13.9. The third-order valence-electron chi connectivity index (χ3n) is 3.89. The van der Waals surface area contributed by atoms with Gasteiger partial charge in [-0.25, -0.2) is 4.39 Å². The summed E-state index contributed by atoms with van der Waals surface area (Å²) in [7, 11) is 0. The highest BCUT2D eigenvalue weighted by molar-refractivity contribution is 4.90. The molecule has 2 aliphatic heterocycles. The van der Waals surface area contributed by atoms with Crippen molar-refractivity contribution in [2.75, 3.05) is 32.7 Å². The molecule has 0 aromatic rings. The number of alkyl halides is 1. The summed E-state index contributed by atoms with van der Waals surface area (Å²) < 4.78 is 13.9. The van der Waals surface area contributed by atoms with Gasteiger partial charge >= 0.3 is 0 Å². The number of hydrogen-bond acceptors (Lipinski definition) is 3. The normalized spacial score (nSPS) is 29.2. The first-order valence-corrected chi connectivity index (χ1v) is 6.07. The Morgan fingerprint density at radius 3 is 2.40 bits per heavy atom. The molecule has 2 fully saturated rings. The van der Waals surface area contributed by atoms with E-state index in [9.17, 15) is 4.39 Å². The molecule has 0 aliphatic carbocycles. The average molecular weight is 215 g/mol. The molecule has 3 nitrogen and oxygen atoms in total. The minimum atomic E-state index is -1.08. The predicted octanol–water partition coefficient (Wildman–Crippen LogP) is 0.501. The molecule has 15 heavy (non-hydrogen) atoms. The summed E-state index contributed by atoms with van der Waals surface area (Å²) in [5, 5.41) is 3.36. The molecule has 0 bridgehead atoms. The maximum Gasteiger partial charge on any atom is 0.125 e. The summed E-state index contributed by atoms with van der Waals surface area (Å²) in [6, 6.07) is 0.675. The van der Waals surface area contributed by atoms with Crippen LogP contribution < -0.4 is 11.1 Å². The van der Waals surface area contributed by atoms with Crippen LogP contribution in [-0.4, -0.2) is 49.3 Å². The Morgan fingerprint density at radius 1 is 1.27 bits per heavy atom. The van der Waals surface area contributed by atoms with Crippen molar-refractivity contribution in [2.24, 2.45) is 5.73 Å². The van der Waals surface area contributed by atoms with E-state index in [1.807, 2.05) is 0 Å². The van der Waals surface area contributed by atoms with Crippen LogP contribution in [0, 0.1) is 0 Å². The van der Waals surface area contributed by atoms with Crippen LogP contribution in [0.25, 0.3) is 0 Å². The molecular formula is C11H22FN3. The molecule has 4 heteroatoms. The first-order chi connectivity index (χ1) is 7.23. The molecule has 2 saturated heterocycles. The Bertz CT molecular complexity index is 196. The molecule has 0 amide bonds. The number of likely N-dealkylation sites (tertiary alicyclic amines) is 1. The average Bonchev–Trinajstić information content (AvgIpc) is 2.31. The van der Waals surface area contributed by atoms with Gasteiger partial charge in [0.2, 0.25) is 0 Å². The summed E-state index contributed by atoms with van der Waals surface area (Å²) in [4.78, 5) is 2.45. The second kappa shape index (κ2) is 4.76. The van der Waals surface area contributed by atoms with Crippen LogP contribution >= 0.6 is 0 Å². The van der Waals surface area contributed by atoms with Gasteiger partial charge in [-0.2, -0.15) is 0 Å². The molecule has 0 spiro atoms. The minimum absolute atomic E-state index is 0.188. The quantitative estimate of drug-likeness (QED) is 0.705. The zero-order valence-electron chi connectivity index (χ0n) is 9.34. The fourth-order valence-electron chi connectivity index (χ4n) is 2.67. The van der Waals surface area contributed by atoms with Gasteiger partial charge in [0.1, 0.15) is 5.67 Å². The summed E-state index contributed by atoms with van der Waals surface area (Å²) in [6.07, 6.45) is 3.66. The fraction of sp³-hybridized carbons (Fsp3) is 1.00. The van der Waals surface area contributed by atoms with Crippen molar-refractivity contribution in [1.29, 1.82) is 0 Å². The lowest BCUT2D eigenvalue weighted by atomic mass is 9.91. The standard InChI is InChI=1S/C11H22FN3/c12-11(9-13)3-7-15(8-4-11)10-1-5-14-6-2-10/h10,14H,1-9,13H2. The van der Waals surface area contributed by atoms with Crippen LogP contribution in [-0.2, 0) is 0 Å². The van der Waals surface area contributed by atoms with Gasteiger partial charge in [-0.1, -0.05) is 0 Å². The van der Waals surface area contributed by atoms with E-state index < -0.39 is 5.67 Å². The number of nitrogens with two attached hydrogens (primary N) is 1. The van der Waals surface area contributed by atoms with Crippen molar-refractivity contribution in [3.63, 3.8) is 0 Å². The molecular weight excluding hydrogens is 193 g/mol. The van der Waals surface area contributed by atoms with Crippen molar-refractivity contribution in [3.05, 3.63) is 0 Å². The lowest BCUT2D eigenvalue weighted by Gasteiger charge is -2.41. The van der Waals surface area contributed by atoms with E-state index in [4.69, 9.17) is 5.73 Å². The van der Waals surface area contributed by atoms with E-state index >= 15 is 0 Å². The third kappa shape index (κ3) is 2.68. The Hall–Kier alpha value is -0.190. The number of hydrogen-bond donors (Lipinski definition) is 2. The first kappa shape index (κ1) is 11.3. The SMILES string of the molecule is NCC1(F)CCN(C2CCNCC2)CC1. The van der Waals surface area contributed by atoms with Crippen molar-refractivity contribution in [2.45, 2.75) is 37.4 Å². The van der Waals surface area contributed by atoms with Crippen molar-refractivity contribution >= 4 is 0 Å². The van der Waals surface area contributed by atoms with Crippen molar-refractivity contribution < 1.29 is 4.39 Å². The van der Waals surface area contributed by atoms with E-state index in [0.717, 1.165) is 26.2 Å². The monoisotopic (exact) mass is 215 g/mol. The zero-order chi connectivity index (χ0) is 10.7. The topological polar surface area (TPSA) is 41.3 Å². The highest BCUT2D eigenvalue weighted by atomic mass is 19.1. The largest absolute Gasteiger partial charge is 0.328 e. The van der Waals surface area contributed by atoms with Gasteiger partial charge in [-0.3, -0.25) is 0 Å². The third-order valence-corrected chi connectivity index (χ3v) is 3.89. The van der Waals surface area contributed by atoms with Crippen LogP contribution in [0.4, 0.5) is 4.39 Å². The van der Waals surface area contributed by atoms with Crippen LogP contribution in [0.5, 0.6) is 0 Å². The first-order valence-electron chi connectivity index (χ1n) is 6.07. The van der Waals surface area contributed by atoms with E-state index in [2.05, 4.69) is 10.2 Å². The van der Waals surface area contributed by atoms with Crippen molar-refractivity contribution in [1.82, 2.24) is 10.2 Å². The summed E-state index contributed by atoms with van der Waals surface area (Å²) in [5.41, 5.74) is 4.38. The summed E-state index contributed by atoms with van der Waals surface area (Å²) in [6.45, 7) is 4.18. The molecule has 0 atom stereocenters. The minimum Gasteiger partial charge on any atom is -0.328 e. The molecule has 2 rings (SSSR count). The van der Waals surface area contributed by atoms with Crippen LogP contribution in [0.1, 0.15) is 25.7 Å². The van der Waals surface area contributed by atoms with E-state index in [-0.39, 0.29) is 6.54 Å². The highest BCUT2D eigenvalue weighted by Crippen LogP contribution is 2.27. The molecule has 0 aromatic carbocycles. The lowest BCUT2D eigenvalue weighted by Crippen LogP contribution is -2.51. The lowest BCUT2D eigenvalue weighted by molar-refractivity contribution is 0.0367. The molecule has 0 unspecified atom stereocenters. The van der Waals surface area contributed by atoms with E-state index in [1.54, 1.807) is 0 Å². The van der Waals surface area contributed by atoms with Gasteiger partial charge < -0.3 is 16.0 Å². The summed E-state index contributed by atoms with van der Waals surface area (Å²) >= 11 is 0. The van der Waals surface area contributed by atoms with Gasteiger partial charge in [-0.15, -0.1) is 0 Å². The highest BCUT2D eigenvalue weighted by Gasteiger charge is 2.35. The van der Waals surface area contributed by atoms with Gasteiger partial charge in [-0.05, 0) is 38.8 Å². The fourth-order valence-corrected chi connectivity index (χ4v) is 2.67. The van der Waals surface area contributed by atoms with Crippen LogP contribution in [0.3, 0.4) is 0 Å². The molecule has 0 aromatic heterocycles. The second-order valence-corrected chi connectivity index (χ2v) is 4.87. The second-order valence-electron chi connectivity index (χ2n) is 4.87. The van der Waals surface area contributed by atoms with E-state index in [0.29, 0.717) is 18.9 Å². The number of piperidine rings is 2. The number of nitrogens with one attached hydrogen (secondary N) is 1. The number of halogens is 1. The zero-order valence-corrected chi connectivity index (χ0v) is 9.34. The Kier molecular flexibility index (Phi) is 3.59. The van der Waals surface area contributed by atoms with Gasteiger partial charge in [0.05, 0.1) is 0 Å². The van der Waals surface area contributed by atoms with Gasteiger partial charge in [0.25, 0.3) is 0 Å². The Labute approximate surface area is 91.2 Å². The maximum atomic E-state index is 13.9. The molecule has 88 valence electrons.